The molecule has 0 bridgehead atoms. The number of alkyl halides is 1. The smallest absolute Gasteiger partial charge is 0.306 e. The van der Waals surface area contributed by atoms with Crippen LogP contribution < -0.4 is 0 Å². The second-order valence-corrected chi connectivity index (χ2v) is 39.6. The number of aliphatic carboxylic acids is 1. The molecule has 0 fully saturated rings. The Balaban J connectivity index is 0.000000218. The molecule has 0 spiro atoms. The molecule has 113 heavy (non-hydrogen) atoms. The van der Waals surface area contributed by atoms with Gasteiger partial charge in [-0.3, -0.25) is 38.4 Å². The lowest BCUT2D eigenvalue weighted by Crippen LogP contribution is -2.13. The topological polar surface area (TPSA) is 157 Å². The first-order valence-electron chi connectivity index (χ1n) is 39.2. The Hall–Kier alpha value is -7.28. The van der Waals surface area contributed by atoms with E-state index in [9.17, 15) is 38.4 Å². The molecule has 6 aromatic heterocycles. The van der Waals surface area contributed by atoms with E-state index in [2.05, 4.69) is 211 Å². The summed E-state index contributed by atoms with van der Waals surface area (Å²) in [7, 11) is 0. The van der Waals surface area contributed by atoms with Crippen molar-refractivity contribution in [1.29, 1.82) is 0 Å². The second kappa shape index (κ2) is 42.0. The fourth-order valence-corrected chi connectivity index (χ4v) is 20.6. The van der Waals surface area contributed by atoms with Crippen molar-refractivity contribution in [1.82, 2.24) is 0 Å². The van der Waals surface area contributed by atoms with Gasteiger partial charge in [-0.2, -0.15) is 0 Å². The van der Waals surface area contributed by atoms with E-state index >= 15 is 0 Å². The molecule has 0 saturated heterocycles. The molecule has 0 amide bonds. The number of ketones is 7. The number of hydrogen-bond acceptors (Lipinski definition) is 14. The van der Waals surface area contributed by atoms with Crippen LogP contribution in [0.4, 0.5) is 0 Å². The molecule has 16 heteroatoms. The van der Waals surface area contributed by atoms with Gasteiger partial charge in [-0.15, -0.1) is 68.0 Å². The first kappa shape index (κ1) is 92.9. The highest BCUT2D eigenvalue weighted by atomic mass is 79.9. The largest absolute Gasteiger partial charge is 0.481 e. The van der Waals surface area contributed by atoms with E-state index in [4.69, 9.17) is 5.11 Å². The Morgan fingerprint density at radius 1 is 0.292 bits per heavy atom. The zero-order valence-corrected chi connectivity index (χ0v) is 74.5. The van der Waals surface area contributed by atoms with Gasteiger partial charge in [-0.25, -0.2) is 0 Å². The van der Waals surface area contributed by atoms with Gasteiger partial charge in [0.25, 0.3) is 0 Å². The monoisotopic (exact) mass is 1700 g/mol. The van der Waals surface area contributed by atoms with Crippen molar-refractivity contribution in [2.45, 2.75) is 229 Å². The third kappa shape index (κ3) is 25.4. The zero-order chi connectivity index (χ0) is 81.0. The molecule has 0 aliphatic carbocycles. The number of carbonyl (C=O) groups is 8. The van der Waals surface area contributed by atoms with Crippen LogP contribution in [0.3, 0.4) is 0 Å². The molecule has 12 rings (SSSR count). The van der Waals surface area contributed by atoms with Crippen molar-refractivity contribution in [3.63, 3.8) is 0 Å². The molecule has 602 valence electrons. The van der Waals surface area contributed by atoms with Crippen LogP contribution in [0.15, 0.2) is 109 Å². The zero-order valence-electron chi connectivity index (χ0n) is 68.0. The summed E-state index contributed by atoms with van der Waals surface area (Å²) in [5.41, 5.74) is 15.6. The molecule has 0 radical (unpaired) electrons. The molecule has 0 aliphatic rings. The van der Waals surface area contributed by atoms with Gasteiger partial charge in [0, 0.05) is 78.0 Å². The first-order chi connectivity index (χ1) is 52.5. The molecule has 0 aliphatic heterocycles. The maximum absolute atomic E-state index is 12.7. The number of Topliss-reactive ketones (excluding diaryl/α,β-unsaturated/α-hetero) is 7. The lowest BCUT2D eigenvalue weighted by molar-refractivity contribution is -0.141. The lowest BCUT2D eigenvalue weighted by Gasteiger charge is -2.09. The van der Waals surface area contributed by atoms with Crippen LogP contribution in [0, 0.1) is 84.0 Å². The van der Waals surface area contributed by atoms with Gasteiger partial charge >= 0.3 is 5.97 Å². The maximum atomic E-state index is 12.7. The van der Waals surface area contributed by atoms with Gasteiger partial charge in [0.1, 0.15) is 5.78 Å². The highest BCUT2D eigenvalue weighted by Crippen LogP contribution is 2.38. The molecule has 1 N–H and O–H groups in total. The van der Waals surface area contributed by atoms with Gasteiger partial charge < -0.3 is 5.11 Å². The van der Waals surface area contributed by atoms with Gasteiger partial charge in [-0.1, -0.05) is 136 Å². The van der Waals surface area contributed by atoms with E-state index in [0.29, 0.717) is 59.1 Å². The summed E-state index contributed by atoms with van der Waals surface area (Å²) in [6.45, 7) is 36.6. The molecule has 2 unspecified atom stereocenters. The summed E-state index contributed by atoms with van der Waals surface area (Å²) in [5, 5.41) is 17.1. The minimum Gasteiger partial charge on any atom is -0.481 e. The summed E-state index contributed by atoms with van der Waals surface area (Å²) in [6.07, 6.45) is 10.9. The number of benzene rings is 6. The quantitative estimate of drug-likeness (QED) is 0.0330. The van der Waals surface area contributed by atoms with Crippen LogP contribution in [0.25, 0.3) is 60.5 Å². The Kier molecular flexibility index (Phi) is 34.5. The fourth-order valence-electron chi connectivity index (χ4n) is 13.7. The average molecular weight is 1700 g/mol. The molecule has 2 atom stereocenters. The fraction of sp³-hybridized carbons (Fsp3) is 0.423. The minimum atomic E-state index is -0.954. The molecule has 0 saturated carbocycles. The highest BCUT2D eigenvalue weighted by Gasteiger charge is 2.23. The van der Waals surface area contributed by atoms with Crippen LogP contribution in [-0.2, 0) is 41.7 Å². The third-order valence-corrected chi connectivity index (χ3v) is 27.9. The summed E-state index contributed by atoms with van der Waals surface area (Å²) in [6, 6.07) is 38.7. The van der Waals surface area contributed by atoms with E-state index < -0.39 is 11.9 Å². The molecule has 6 heterocycles. The summed E-state index contributed by atoms with van der Waals surface area (Å²) in [5.74, 6) is 0.715. The number of thiophene rings is 6. The predicted octanol–water partition coefficient (Wildman–Crippen LogP) is 29.2. The first-order valence-corrected chi connectivity index (χ1v) is 45.2. The number of aryl methyl sites for hydroxylation is 12. The van der Waals surface area contributed by atoms with Crippen molar-refractivity contribution in [3.05, 3.63) is 205 Å². The van der Waals surface area contributed by atoms with Gasteiger partial charge in [0.2, 0.25) is 0 Å². The van der Waals surface area contributed by atoms with Crippen molar-refractivity contribution in [3.8, 4) is 0 Å². The predicted molar refractivity (Wildman–Crippen MR) is 493 cm³/mol. The summed E-state index contributed by atoms with van der Waals surface area (Å²) >= 11 is 12.9. The van der Waals surface area contributed by atoms with Crippen LogP contribution in [-0.4, -0.2) is 56.9 Å². The van der Waals surface area contributed by atoms with Crippen LogP contribution >= 0.6 is 84.0 Å². The number of carboxylic acid groups (broad SMARTS) is 1. The van der Waals surface area contributed by atoms with Gasteiger partial charge in [0.05, 0.1) is 35.2 Å². The Morgan fingerprint density at radius 2 is 0.496 bits per heavy atom. The van der Waals surface area contributed by atoms with Crippen molar-refractivity contribution < 1.29 is 43.5 Å². The third-order valence-electron chi connectivity index (χ3n) is 20.5. The van der Waals surface area contributed by atoms with Crippen LogP contribution in [0.5, 0.6) is 0 Å². The van der Waals surface area contributed by atoms with Crippen LogP contribution in [0.2, 0.25) is 0 Å². The number of carbonyl (C=O) groups excluding carboxylic acids is 7. The number of fused-ring (bicyclic) bond motifs is 6. The average Bonchev–Trinajstić information content (AvgIpc) is 1.70. The molecule has 9 nitrogen and oxygen atoms in total. The van der Waals surface area contributed by atoms with E-state index in [1.807, 2.05) is 18.2 Å². The normalized spacial score (nSPS) is 11.9. The van der Waals surface area contributed by atoms with E-state index in [1.165, 1.54) is 137 Å². The molecular weight excluding hydrogens is 1580 g/mol. The van der Waals surface area contributed by atoms with Crippen molar-refractivity contribution >= 4 is 191 Å². The Bertz CT molecular complexity index is 5160. The Morgan fingerprint density at radius 3 is 0.717 bits per heavy atom. The van der Waals surface area contributed by atoms with Gasteiger partial charge in [-0.05, 0) is 302 Å². The highest BCUT2D eigenvalue weighted by molar-refractivity contribution is 9.09. The lowest BCUT2D eigenvalue weighted by atomic mass is 9.96. The minimum absolute atomic E-state index is 0. The van der Waals surface area contributed by atoms with Crippen LogP contribution in [0.1, 0.15) is 274 Å². The SMILES string of the molecule is C.C.CC(=O)C(C)CC(=O)c1cc2cc(CCCc3cc4cc(C(=O)CC(C)C(=O)O)sc4cc3C)c(C)cc2s1.Cc1cc2cc(C(=O)CC(C)C)sc2cc1C.Cc1cc2sc(C(=O)CC(C)C)cc2cc1CCCBr.Cc1cc2sc(C(=O)CC(C)C)cc2cc1CCCc1cc2cc(C(=O)CC(C)C)sc2cc1C. The summed E-state index contributed by atoms with van der Waals surface area (Å²) in [4.78, 5) is 102. The van der Waals surface area contributed by atoms with E-state index in [0.717, 1.165) is 96.4 Å². The molecular formula is C97H117BrO9S6. The standard InChI is InChI=1S/C32H34O5S2.C31H36O2S2.C17H21BrOS.C15H18OS.2CH4/c1-17(21(5)33)9-26(34)30-15-24-13-22(18(2)11-28(24)38-30)7-6-8-23-14-25-16-31(39-29(25)12-19(23)3)27(35)10-20(4)32(36)37;1-18(2)10-26(32)30-16-24-14-22(20(5)12-28(24)34-30)8-7-9-23-15-25-17-31(27(33)11-19(3)4)35-29(25)13-21(23)6;1-11(2)7-15(19)17-10-14-9-13(5-4-6-18)12(3)8-16(14)20-17;1-9(2)5-13(16)15-8-12-6-10(3)11(4)7-14(12)17-15;;/h11-17,20H,6-10H2,1-5H3,(H,36,37);12-19H,7-11H2,1-6H3;8-11H,4-7H2,1-3H3;6-9H,5H2,1-4H3;2*1H4. The van der Waals surface area contributed by atoms with Gasteiger partial charge in [0.15, 0.2) is 34.7 Å². The van der Waals surface area contributed by atoms with E-state index in [-0.39, 0.29) is 74.1 Å². The molecule has 12 aromatic rings. The number of carboxylic acids is 1. The summed E-state index contributed by atoms with van der Waals surface area (Å²) < 4.78 is 7.01. The maximum Gasteiger partial charge on any atom is 0.306 e. The van der Waals surface area contributed by atoms with Crippen molar-refractivity contribution in [2.24, 2.45) is 35.5 Å². The molecule has 6 aromatic carbocycles. The Labute approximate surface area is 704 Å². The van der Waals surface area contributed by atoms with Crippen molar-refractivity contribution in [2.75, 3.05) is 5.33 Å². The van der Waals surface area contributed by atoms with E-state index in [1.54, 1.807) is 59.2 Å². The number of hydrogen-bond donors (Lipinski definition) is 1. The number of halogens is 1. The second-order valence-electron chi connectivity index (χ2n) is 32.3. The number of rotatable bonds is 31.